The first-order valence-corrected chi connectivity index (χ1v) is 10.4. The van der Waals surface area contributed by atoms with Crippen molar-refractivity contribution in [1.82, 2.24) is 19.7 Å². The molecule has 12 nitrogen and oxygen atoms in total. The lowest BCUT2D eigenvalue weighted by Gasteiger charge is -2.32. The Balaban J connectivity index is 0.000000582. The van der Waals surface area contributed by atoms with Crippen molar-refractivity contribution in [2.45, 2.75) is 19.0 Å². The molecule has 33 heavy (non-hydrogen) atoms. The van der Waals surface area contributed by atoms with Crippen LogP contribution in [0.2, 0.25) is 0 Å². The van der Waals surface area contributed by atoms with Gasteiger partial charge in [-0.1, -0.05) is 0 Å². The molecule has 2 atom stereocenters. The first-order valence-electron chi connectivity index (χ1n) is 10.4. The number of pyridine rings is 1. The highest BCUT2D eigenvalue weighted by atomic mass is 16.5. The molecule has 0 aliphatic carbocycles. The molecule has 2 fully saturated rings. The fourth-order valence-electron chi connectivity index (χ4n) is 4.06. The SMILES string of the molecule is O=C(O)c1cccnc1N1C[C@H]2COC[C@@H]1CN(CCCn1cccn1)C2.O=CO.O=CO. The Bertz CT molecular complexity index is 858. The van der Waals surface area contributed by atoms with Gasteiger partial charge < -0.3 is 29.9 Å². The summed E-state index contributed by atoms with van der Waals surface area (Å²) in [5.74, 6) is -0.0383. The summed E-state index contributed by atoms with van der Waals surface area (Å²) >= 11 is 0. The summed E-state index contributed by atoms with van der Waals surface area (Å²) in [5, 5.41) is 27.6. The van der Waals surface area contributed by atoms with Gasteiger partial charge in [-0.3, -0.25) is 14.3 Å². The summed E-state index contributed by atoms with van der Waals surface area (Å²) < 4.78 is 7.83. The van der Waals surface area contributed by atoms with Crippen molar-refractivity contribution < 1.29 is 34.4 Å². The smallest absolute Gasteiger partial charge is 0.339 e. The number of ether oxygens (including phenoxy) is 1. The Morgan fingerprint density at radius 3 is 2.52 bits per heavy atom. The monoisotopic (exact) mass is 463 g/mol. The molecule has 12 heteroatoms. The predicted molar refractivity (Wildman–Crippen MR) is 117 cm³/mol. The number of aromatic nitrogens is 3. The normalized spacial score (nSPS) is 19.7. The second kappa shape index (κ2) is 13.8. The Kier molecular flexibility index (Phi) is 10.8. The third-order valence-corrected chi connectivity index (χ3v) is 5.25. The van der Waals surface area contributed by atoms with Gasteiger partial charge in [0.05, 0.1) is 19.3 Å². The number of hydrogen-bond donors (Lipinski definition) is 3. The molecule has 2 aliphatic rings. The van der Waals surface area contributed by atoms with Crippen LogP contribution in [0.15, 0.2) is 36.8 Å². The number of rotatable bonds is 6. The van der Waals surface area contributed by atoms with Crippen LogP contribution in [0.1, 0.15) is 16.8 Å². The molecule has 0 saturated carbocycles. The van der Waals surface area contributed by atoms with Gasteiger partial charge in [-0.2, -0.15) is 5.10 Å². The Morgan fingerprint density at radius 1 is 1.09 bits per heavy atom. The number of carboxylic acids is 1. The molecule has 4 rings (SSSR count). The number of aryl methyl sites for hydroxylation is 1. The van der Waals surface area contributed by atoms with Gasteiger partial charge in [-0.05, 0) is 31.2 Å². The zero-order valence-electron chi connectivity index (χ0n) is 18.1. The number of nitrogens with zero attached hydrogens (tertiary/aromatic N) is 5. The van der Waals surface area contributed by atoms with Crippen LogP contribution in [-0.2, 0) is 20.9 Å². The van der Waals surface area contributed by atoms with Crippen molar-refractivity contribution in [3.63, 3.8) is 0 Å². The van der Waals surface area contributed by atoms with Crippen molar-refractivity contribution in [3.8, 4) is 0 Å². The lowest BCUT2D eigenvalue weighted by atomic mass is 10.1. The Labute approximate surface area is 191 Å². The van der Waals surface area contributed by atoms with Gasteiger partial charge in [0.25, 0.3) is 12.9 Å². The van der Waals surface area contributed by atoms with Gasteiger partial charge in [-0.15, -0.1) is 0 Å². The van der Waals surface area contributed by atoms with Crippen LogP contribution in [0, 0.1) is 5.92 Å². The third kappa shape index (κ3) is 7.84. The number of hydrogen-bond acceptors (Lipinski definition) is 8. The molecule has 0 unspecified atom stereocenters. The van der Waals surface area contributed by atoms with Crippen LogP contribution in [-0.4, -0.2) is 99.3 Å². The topological polar surface area (TPSA) is 158 Å². The van der Waals surface area contributed by atoms with Crippen LogP contribution >= 0.6 is 0 Å². The average molecular weight is 463 g/mol. The molecule has 180 valence electrons. The maximum Gasteiger partial charge on any atom is 0.339 e. The fraction of sp³-hybridized carbons (Fsp3) is 0.476. The van der Waals surface area contributed by atoms with Crippen molar-refractivity contribution in [2.24, 2.45) is 5.92 Å². The van der Waals surface area contributed by atoms with Crippen molar-refractivity contribution in [3.05, 3.63) is 42.4 Å². The molecular weight excluding hydrogens is 434 g/mol. The van der Waals surface area contributed by atoms with E-state index in [4.69, 9.17) is 24.5 Å². The van der Waals surface area contributed by atoms with E-state index in [2.05, 4.69) is 19.9 Å². The standard InChI is InChI=1S/C19H25N5O3.2CH2O2/c25-19(26)17-4-1-5-20-18(17)24-11-15-10-22(12-16(24)14-27-13-15)7-3-9-23-8-2-6-21-23;2*2-1-3/h1-2,4-6,8,15-16H,3,7,9-14H2,(H,25,26);2*1H,(H,2,3)/t15-,16-;;/m0../s1. The minimum atomic E-state index is -0.936. The lowest BCUT2D eigenvalue weighted by Crippen LogP contribution is -2.45. The number of carbonyl (C=O) groups is 3. The third-order valence-electron chi connectivity index (χ3n) is 5.25. The average Bonchev–Trinajstić information content (AvgIpc) is 3.14. The zero-order valence-corrected chi connectivity index (χ0v) is 18.1. The largest absolute Gasteiger partial charge is 0.483 e. The van der Waals surface area contributed by atoms with Crippen molar-refractivity contribution in [2.75, 3.05) is 44.3 Å². The molecular formula is C21H29N5O7. The van der Waals surface area contributed by atoms with Gasteiger partial charge in [-0.25, -0.2) is 9.78 Å². The molecule has 0 radical (unpaired) electrons. The summed E-state index contributed by atoms with van der Waals surface area (Å²) in [5.41, 5.74) is 0.260. The van der Waals surface area contributed by atoms with E-state index in [9.17, 15) is 9.90 Å². The number of fused-ring (bicyclic) bond motifs is 3. The summed E-state index contributed by atoms with van der Waals surface area (Å²) in [6, 6.07) is 5.35. The highest BCUT2D eigenvalue weighted by Gasteiger charge is 2.35. The van der Waals surface area contributed by atoms with E-state index in [0.717, 1.165) is 39.1 Å². The molecule has 2 aromatic heterocycles. The number of aromatic carboxylic acids is 1. The number of carboxylic acid groups (broad SMARTS) is 3. The van der Waals surface area contributed by atoms with Crippen molar-refractivity contribution in [1.29, 1.82) is 0 Å². The van der Waals surface area contributed by atoms with E-state index in [1.165, 1.54) is 0 Å². The van der Waals surface area contributed by atoms with Gasteiger partial charge >= 0.3 is 5.97 Å². The molecule has 2 aliphatic heterocycles. The van der Waals surface area contributed by atoms with Gasteiger partial charge in [0, 0.05) is 50.7 Å². The van der Waals surface area contributed by atoms with Gasteiger partial charge in [0.15, 0.2) is 0 Å². The van der Waals surface area contributed by atoms with E-state index in [0.29, 0.717) is 24.9 Å². The molecule has 0 amide bonds. The Morgan fingerprint density at radius 2 is 1.85 bits per heavy atom. The maximum atomic E-state index is 11.6. The summed E-state index contributed by atoms with van der Waals surface area (Å²) in [4.78, 5) is 37.4. The maximum absolute atomic E-state index is 11.6. The minimum absolute atomic E-state index is 0.107. The molecule has 2 aromatic rings. The fourth-order valence-corrected chi connectivity index (χ4v) is 4.06. The van der Waals surface area contributed by atoms with Gasteiger partial charge in [0.2, 0.25) is 0 Å². The van der Waals surface area contributed by atoms with Crippen molar-refractivity contribution >= 4 is 24.7 Å². The second-order valence-electron chi connectivity index (χ2n) is 7.48. The van der Waals surface area contributed by atoms with E-state index >= 15 is 0 Å². The molecule has 4 heterocycles. The van der Waals surface area contributed by atoms with Gasteiger partial charge in [0.1, 0.15) is 11.4 Å². The molecule has 0 spiro atoms. The highest BCUT2D eigenvalue weighted by molar-refractivity contribution is 5.93. The van der Waals surface area contributed by atoms with Crippen LogP contribution in [0.5, 0.6) is 0 Å². The number of anilines is 1. The van der Waals surface area contributed by atoms with Crippen LogP contribution in [0.4, 0.5) is 5.82 Å². The molecule has 0 aromatic carbocycles. The van der Waals surface area contributed by atoms with E-state index < -0.39 is 5.97 Å². The Hall–Kier alpha value is -3.51. The summed E-state index contributed by atoms with van der Waals surface area (Å²) in [6.45, 7) is 5.29. The summed E-state index contributed by atoms with van der Waals surface area (Å²) in [6.07, 6.45) is 6.49. The van der Waals surface area contributed by atoms with Crippen LogP contribution < -0.4 is 4.90 Å². The first-order chi connectivity index (χ1) is 16.0. The minimum Gasteiger partial charge on any atom is -0.483 e. The second-order valence-corrected chi connectivity index (χ2v) is 7.48. The molecule has 3 N–H and O–H groups in total. The lowest BCUT2D eigenvalue weighted by molar-refractivity contribution is -0.123. The van der Waals surface area contributed by atoms with Crippen LogP contribution in [0.3, 0.4) is 0 Å². The molecule has 2 saturated heterocycles. The van der Waals surface area contributed by atoms with E-state index in [1.807, 2.05) is 16.9 Å². The zero-order chi connectivity index (χ0) is 24.1. The highest BCUT2D eigenvalue weighted by Crippen LogP contribution is 2.27. The predicted octanol–water partition coefficient (Wildman–Crippen LogP) is 0.605. The first kappa shape index (κ1) is 25.7. The summed E-state index contributed by atoms with van der Waals surface area (Å²) in [7, 11) is 0. The quantitative estimate of drug-likeness (QED) is 0.515. The van der Waals surface area contributed by atoms with E-state index in [-0.39, 0.29) is 24.5 Å². The molecule has 2 bridgehead atoms. The van der Waals surface area contributed by atoms with E-state index in [1.54, 1.807) is 24.5 Å². The van der Waals surface area contributed by atoms with Crippen LogP contribution in [0.25, 0.3) is 0 Å².